The van der Waals surface area contributed by atoms with E-state index in [-0.39, 0.29) is 6.04 Å². The number of methoxy groups -OCH3 is 1. The van der Waals surface area contributed by atoms with Crippen LogP contribution in [-0.2, 0) is 0 Å². The van der Waals surface area contributed by atoms with Gasteiger partial charge < -0.3 is 10.5 Å². The van der Waals surface area contributed by atoms with E-state index in [1.807, 2.05) is 49.4 Å². The molecule has 1 unspecified atom stereocenters. The van der Waals surface area contributed by atoms with Crippen molar-refractivity contribution in [3.05, 3.63) is 64.2 Å². The number of halogens is 1. The van der Waals surface area contributed by atoms with Gasteiger partial charge in [0.1, 0.15) is 5.75 Å². The average Bonchev–Trinajstić information content (AvgIpc) is 2.38. The summed E-state index contributed by atoms with van der Waals surface area (Å²) >= 11 is 6.18. The van der Waals surface area contributed by atoms with Crippen molar-refractivity contribution in [1.82, 2.24) is 0 Å². The monoisotopic (exact) mass is 261 g/mol. The van der Waals surface area contributed by atoms with Crippen LogP contribution >= 0.6 is 11.6 Å². The van der Waals surface area contributed by atoms with Gasteiger partial charge in [0.2, 0.25) is 0 Å². The van der Waals surface area contributed by atoms with Crippen LogP contribution in [-0.4, -0.2) is 7.11 Å². The van der Waals surface area contributed by atoms with E-state index in [0.29, 0.717) is 5.02 Å². The molecule has 0 aliphatic carbocycles. The normalized spacial score (nSPS) is 12.2. The lowest BCUT2D eigenvalue weighted by Gasteiger charge is -2.17. The van der Waals surface area contributed by atoms with E-state index in [1.165, 1.54) is 0 Å². The minimum absolute atomic E-state index is 0.284. The molecule has 0 saturated heterocycles. The number of aryl methyl sites for hydroxylation is 1. The molecule has 0 fully saturated rings. The van der Waals surface area contributed by atoms with E-state index in [4.69, 9.17) is 22.1 Å². The van der Waals surface area contributed by atoms with Gasteiger partial charge in [0.15, 0.2) is 0 Å². The van der Waals surface area contributed by atoms with E-state index >= 15 is 0 Å². The maximum absolute atomic E-state index is 6.30. The van der Waals surface area contributed by atoms with E-state index in [9.17, 15) is 0 Å². The summed E-state index contributed by atoms with van der Waals surface area (Å²) in [6, 6.07) is 13.3. The summed E-state index contributed by atoms with van der Waals surface area (Å²) in [4.78, 5) is 0. The van der Waals surface area contributed by atoms with Gasteiger partial charge in [0.05, 0.1) is 13.2 Å². The highest BCUT2D eigenvalue weighted by Gasteiger charge is 2.16. The molecule has 2 aromatic carbocycles. The maximum atomic E-state index is 6.30. The fourth-order valence-corrected chi connectivity index (χ4v) is 2.24. The summed E-state index contributed by atoms with van der Waals surface area (Å²) in [6.07, 6.45) is 0. The van der Waals surface area contributed by atoms with Crippen molar-refractivity contribution < 1.29 is 4.74 Å². The standard InChI is InChI=1S/C15H16ClNO/c1-10-7-8-14(18-2)12(9-10)15(17)11-5-3-4-6-13(11)16/h3-9,15H,17H2,1-2H3. The minimum Gasteiger partial charge on any atom is -0.496 e. The first-order valence-electron chi connectivity index (χ1n) is 5.78. The molecule has 0 aromatic heterocycles. The Labute approximate surface area is 112 Å². The number of rotatable bonds is 3. The molecule has 2 nitrogen and oxygen atoms in total. The molecule has 2 aromatic rings. The van der Waals surface area contributed by atoms with Crippen LogP contribution in [0, 0.1) is 6.92 Å². The van der Waals surface area contributed by atoms with Gasteiger partial charge in [-0.2, -0.15) is 0 Å². The van der Waals surface area contributed by atoms with Crippen LogP contribution in [0.3, 0.4) is 0 Å². The second kappa shape index (κ2) is 5.42. The Balaban J connectivity index is 2.48. The van der Waals surface area contributed by atoms with Crippen LogP contribution in [0.25, 0.3) is 0 Å². The Morgan fingerprint density at radius 1 is 1.11 bits per heavy atom. The smallest absolute Gasteiger partial charge is 0.123 e. The Bertz CT molecular complexity index is 554. The zero-order valence-electron chi connectivity index (χ0n) is 10.5. The van der Waals surface area contributed by atoms with Gasteiger partial charge in [-0.25, -0.2) is 0 Å². The molecule has 0 spiro atoms. The molecule has 0 radical (unpaired) electrons. The first-order chi connectivity index (χ1) is 8.63. The van der Waals surface area contributed by atoms with Crippen molar-refractivity contribution in [2.24, 2.45) is 5.73 Å². The molecular weight excluding hydrogens is 246 g/mol. The van der Waals surface area contributed by atoms with Crippen LogP contribution in [0.1, 0.15) is 22.7 Å². The highest BCUT2D eigenvalue weighted by molar-refractivity contribution is 6.31. The molecule has 1 atom stereocenters. The fraction of sp³-hybridized carbons (Fsp3) is 0.200. The van der Waals surface area contributed by atoms with Crippen molar-refractivity contribution in [2.45, 2.75) is 13.0 Å². The molecule has 0 aliphatic heterocycles. The Hall–Kier alpha value is -1.51. The molecule has 0 aliphatic rings. The lowest BCUT2D eigenvalue weighted by Crippen LogP contribution is -2.13. The van der Waals surface area contributed by atoms with Gasteiger partial charge in [-0.3, -0.25) is 0 Å². The van der Waals surface area contributed by atoms with Gasteiger partial charge in [0, 0.05) is 10.6 Å². The molecule has 0 heterocycles. The van der Waals surface area contributed by atoms with Crippen LogP contribution < -0.4 is 10.5 Å². The molecule has 2 rings (SSSR count). The minimum atomic E-state index is -0.284. The third kappa shape index (κ3) is 2.50. The maximum Gasteiger partial charge on any atom is 0.123 e. The highest BCUT2D eigenvalue weighted by atomic mass is 35.5. The molecule has 0 saturated carbocycles. The van der Waals surface area contributed by atoms with Crippen LogP contribution in [0.2, 0.25) is 5.02 Å². The van der Waals surface area contributed by atoms with E-state index in [1.54, 1.807) is 7.11 Å². The Kier molecular flexibility index (Phi) is 3.90. The van der Waals surface area contributed by atoms with Crippen LogP contribution in [0.5, 0.6) is 5.75 Å². The van der Waals surface area contributed by atoms with Gasteiger partial charge in [-0.1, -0.05) is 47.5 Å². The summed E-state index contributed by atoms with van der Waals surface area (Å²) in [5.41, 5.74) is 9.30. The molecule has 94 valence electrons. The number of nitrogens with two attached hydrogens (primary N) is 1. The zero-order valence-corrected chi connectivity index (χ0v) is 11.2. The van der Waals surface area contributed by atoms with E-state index < -0.39 is 0 Å². The molecule has 2 N–H and O–H groups in total. The van der Waals surface area contributed by atoms with E-state index in [2.05, 4.69) is 0 Å². The first-order valence-corrected chi connectivity index (χ1v) is 6.16. The summed E-state index contributed by atoms with van der Waals surface area (Å²) in [7, 11) is 1.65. The predicted octanol–water partition coefficient (Wildman–Crippen LogP) is 3.71. The topological polar surface area (TPSA) is 35.2 Å². The van der Waals surface area contributed by atoms with Crippen molar-refractivity contribution >= 4 is 11.6 Å². The largest absolute Gasteiger partial charge is 0.496 e. The number of hydrogen-bond acceptors (Lipinski definition) is 2. The molecule has 0 bridgehead atoms. The Morgan fingerprint density at radius 3 is 2.50 bits per heavy atom. The number of ether oxygens (including phenoxy) is 1. The van der Waals surface area contributed by atoms with Gasteiger partial charge in [0.25, 0.3) is 0 Å². The Morgan fingerprint density at radius 2 is 1.83 bits per heavy atom. The second-order valence-corrected chi connectivity index (χ2v) is 4.65. The molecule has 18 heavy (non-hydrogen) atoms. The number of hydrogen-bond donors (Lipinski definition) is 1. The summed E-state index contributed by atoms with van der Waals surface area (Å²) in [5.74, 6) is 0.785. The third-order valence-corrected chi connectivity index (χ3v) is 3.30. The highest BCUT2D eigenvalue weighted by Crippen LogP contribution is 2.32. The molecular formula is C15H16ClNO. The predicted molar refractivity (Wildman–Crippen MR) is 75.2 cm³/mol. The fourth-order valence-electron chi connectivity index (χ4n) is 1.99. The zero-order chi connectivity index (χ0) is 13.1. The van der Waals surface area contributed by atoms with Gasteiger partial charge >= 0.3 is 0 Å². The third-order valence-electron chi connectivity index (χ3n) is 2.96. The van der Waals surface area contributed by atoms with Crippen LogP contribution in [0.15, 0.2) is 42.5 Å². The van der Waals surface area contributed by atoms with Crippen molar-refractivity contribution in [1.29, 1.82) is 0 Å². The molecule has 0 amide bonds. The SMILES string of the molecule is COc1ccc(C)cc1C(N)c1ccccc1Cl. The van der Waals surface area contributed by atoms with Crippen molar-refractivity contribution in [2.75, 3.05) is 7.11 Å². The quantitative estimate of drug-likeness (QED) is 0.914. The van der Waals surface area contributed by atoms with Crippen molar-refractivity contribution in [3.8, 4) is 5.75 Å². The van der Waals surface area contributed by atoms with Crippen molar-refractivity contribution in [3.63, 3.8) is 0 Å². The average molecular weight is 262 g/mol. The summed E-state index contributed by atoms with van der Waals surface area (Å²) in [6.45, 7) is 2.03. The lowest BCUT2D eigenvalue weighted by atomic mass is 9.97. The van der Waals surface area contributed by atoms with Crippen LogP contribution in [0.4, 0.5) is 0 Å². The van der Waals surface area contributed by atoms with E-state index in [0.717, 1.165) is 22.4 Å². The molecule has 3 heteroatoms. The first kappa shape index (κ1) is 12.9. The van der Waals surface area contributed by atoms with Gasteiger partial charge in [-0.15, -0.1) is 0 Å². The lowest BCUT2D eigenvalue weighted by molar-refractivity contribution is 0.407. The summed E-state index contributed by atoms with van der Waals surface area (Å²) in [5, 5.41) is 0.675. The number of benzene rings is 2. The summed E-state index contributed by atoms with van der Waals surface area (Å²) < 4.78 is 5.36. The van der Waals surface area contributed by atoms with Gasteiger partial charge in [-0.05, 0) is 24.6 Å². The second-order valence-electron chi connectivity index (χ2n) is 4.24.